The van der Waals surface area contributed by atoms with Crippen LogP contribution in [0.1, 0.15) is 40.0 Å². The Kier molecular flexibility index (Phi) is 4.88. The fourth-order valence-corrected chi connectivity index (χ4v) is 4.00. The number of rotatable bonds is 5. The molecule has 0 radical (unpaired) electrons. The molecule has 3 heterocycles. The fourth-order valence-electron chi connectivity index (χ4n) is 3.23. The van der Waals surface area contributed by atoms with Gasteiger partial charge in [0, 0.05) is 24.7 Å². The predicted octanol–water partition coefficient (Wildman–Crippen LogP) is 3.14. The van der Waals surface area contributed by atoms with Crippen molar-refractivity contribution in [3.63, 3.8) is 0 Å². The summed E-state index contributed by atoms with van der Waals surface area (Å²) in [6.07, 6.45) is 1.50. The third-order valence-electron chi connectivity index (χ3n) is 4.67. The summed E-state index contributed by atoms with van der Waals surface area (Å²) < 4.78 is 5.43. The monoisotopic (exact) mass is 399 g/mol. The lowest BCUT2D eigenvalue weighted by molar-refractivity contribution is -0.380. The van der Waals surface area contributed by atoms with Crippen molar-refractivity contribution in [2.75, 3.05) is 6.54 Å². The Morgan fingerprint density at radius 2 is 2.11 bits per heavy atom. The minimum atomic E-state index is -0.497. The van der Waals surface area contributed by atoms with E-state index in [2.05, 4.69) is 10.1 Å². The summed E-state index contributed by atoms with van der Waals surface area (Å²) in [5.74, 6) is 0.562. The molecular weight excluding hydrogens is 382 g/mol. The van der Waals surface area contributed by atoms with Crippen LogP contribution in [0.3, 0.4) is 0 Å². The highest BCUT2D eigenvalue weighted by atomic mass is 32.1. The van der Waals surface area contributed by atoms with Gasteiger partial charge in [0.05, 0.1) is 9.80 Å². The lowest BCUT2D eigenvalue weighted by atomic mass is 10.1. The van der Waals surface area contributed by atoms with Gasteiger partial charge in [-0.1, -0.05) is 40.8 Å². The zero-order valence-electron chi connectivity index (χ0n) is 14.8. The maximum absolute atomic E-state index is 12.8. The van der Waals surface area contributed by atoms with Gasteiger partial charge in [-0.2, -0.15) is 4.98 Å². The summed E-state index contributed by atoms with van der Waals surface area (Å²) in [4.78, 5) is 29.6. The summed E-state index contributed by atoms with van der Waals surface area (Å²) in [5.41, 5.74) is 7.42. The number of nitrogens with two attached hydrogens (primary N) is 1. The molecule has 2 aromatic heterocycles. The van der Waals surface area contributed by atoms with E-state index in [0.717, 1.165) is 28.9 Å². The van der Waals surface area contributed by atoms with Crippen LogP contribution in [0.4, 0.5) is 5.00 Å². The molecule has 1 aromatic carbocycles. The molecule has 1 aliphatic heterocycles. The molecule has 4 rings (SSSR count). The number of hydrogen-bond acceptors (Lipinski definition) is 8. The molecule has 1 unspecified atom stereocenters. The quantitative estimate of drug-likeness (QED) is 0.515. The lowest BCUT2D eigenvalue weighted by Crippen LogP contribution is -2.30. The van der Waals surface area contributed by atoms with Gasteiger partial charge in [0.15, 0.2) is 0 Å². The van der Waals surface area contributed by atoms with Crippen LogP contribution >= 0.6 is 11.3 Å². The minimum Gasteiger partial charge on any atom is -0.337 e. The number of benzene rings is 1. The van der Waals surface area contributed by atoms with Crippen LogP contribution in [0.2, 0.25) is 0 Å². The summed E-state index contributed by atoms with van der Waals surface area (Å²) in [5, 5.41) is 14.9. The molecule has 1 fully saturated rings. The highest BCUT2D eigenvalue weighted by Gasteiger charge is 2.35. The van der Waals surface area contributed by atoms with Gasteiger partial charge in [-0.25, -0.2) is 0 Å². The molecule has 1 aliphatic rings. The van der Waals surface area contributed by atoms with Gasteiger partial charge in [0.1, 0.15) is 6.04 Å². The van der Waals surface area contributed by atoms with Crippen molar-refractivity contribution in [3.05, 3.63) is 62.8 Å². The van der Waals surface area contributed by atoms with E-state index in [1.807, 2.05) is 24.3 Å². The number of amides is 1. The number of nitro groups is 1. The maximum atomic E-state index is 12.8. The van der Waals surface area contributed by atoms with Crippen LogP contribution in [0.25, 0.3) is 11.4 Å². The topological polar surface area (TPSA) is 128 Å². The Hall–Kier alpha value is -3.11. The van der Waals surface area contributed by atoms with Crippen LogP contribution < -0.4 is 5.73 Å². The Balaban J connectivity index is 1.55. The molecule has 2 N–H and O–H groups in total. The molecule has 144 valence electrons. The van der Waals surface area contributed by atoms with Crippen LogP contribution in [-0.2, 0) is 6.54 Å². The summed E-state index contributed by atoms with van der Waals surface area (Å²) in [6.45, 7) is 0.996. The highest BCUT2D eigenvalue weighted by Crippen LogP contribution is 2.35. The Bertz CT molecular complexity index is 1010. The van der Waals surface area contributed by atoms with Crippen molar-refractivity contribution in [1.29, 1.82) is 0 Å². The molecule has 0 bridgehead atoms. The number of aromatic nitrogens is 2. The van der Waals surface area contributed by atoms with Crippen LogP contribution in [0, 0.1) is 10.1 Å². The van der Waals surface area contributed by atoms with Crippen LogP contribution in [0.5, 0.6) is 0 Å². The molecule has 0 saturated carbocycles. The molecule has 9 nitrogen and oxygen atoms in total. The molecular formula is C18H17N5O4S. The first-order valence-corrected chi connectivity index (χ1v) is 9.56. The van der Waals surface area contributed by atoms with Gasteiger partial charge in [-0.15, -0.1) is 0 Å². The Labute approximate surface area is 163 Å². The summed E-state index contributed by atoms with van der Waals surface area (Å²) >= 11 is 0.872. The standard InChI is InChI=1S/C18H17N5O4S/c19-10-11-3-5-12(6-4-11)16-20-17(27-21-16)13-2-1-9-22(13)18(24)14-7-8-15(28-14)23(25)26/h3-8,13H,1-2,9-10,19H2. The SMILES string of the molecule is NCc1ccc(-c2noc(C3CCCN3C(=O)c3ccc([N+](=O)[O-])s3)n2)cc1. The molecule has 10 heteroatoms. The maximum Gasteiger partial charge on any atom is 0.324 e. The van der Waals surface area contributed by atoms with Gasteiger partial charge in [0.2, 0.25) is 11.7 Å². The number of hydrogen-bond donors (Lipinski definition) is 1. The van der Waals surface area contributed by atoms with E-state index in [1.54, 1.807) is 4.90 Å². The predicted molar refractivity (Wildman–Crippen MR) is 102 cm³/mol. The van der Waals surface area contributed by atoms with E-state index in [1.165, 1.54) is 12.1 Å². The van der Waals surface area contributed by atoms with E-state index >= 15 is 0 Å². The zero-order chi connectivity index (χ0) is 19.7. The number of thiophene rings is 1. The number of likely N-dealkylation sites (tertiary alicyclic amines) is 1. The van der Waals surface area contributed by atoms with Crippen molar-refractivity contribution in [1.82, 2.24) is 15.0 Å². The molecule has 28 heavy (non-hydrogen) atoms. The fraction of sp³-hybridized carbons (Fsp3) is 0.278. The second kappa shape index (κ2) is 7.49. The van der Waals surface area contributed by atoms with Crippen molar-refractivity contribution in [2.24, 2.45) is 5.73 Å². The van der Waals surface area contributed by atoms with Gasteiger partial charge in [-0.3, -0.25) is 14.9 Å². The Morgan fingerprint density at radius 1 is 1.32 bits per heavy atom. The normalized spacial score (nSPS) is 16.5. The largest absolute Gasteiger partial charge is 0.337 e. The minimum absolute atomic E-state index is 0.0555. The van der Waals surface area contributed by atoms with Crippen LogP contribution in [-0.4, -0.2) is 32.4 Å². The van der Waals surface area contributed by atoms with Crippen molar-refractivity contribution >= 4 is 22.2 Å². The van der Waals surface area contributed by atoms with E-state index < -0.39 is 4.92 Å². The second-order valence-corrected chi connectivity index (χ2v) is 7.47. The third-order valence-corrected chi connectivity index (χ3v) is 5.70. The van der Waals surface area contributed by atoms with E-state index in [9.17, 15) is 14.9 Å². The average molecular weight is 399 g/mol. The number of carbonyl (C=O) groups excluding carboxylic acids is 1. The zero-order valence-corrected chi connectivity index (χ0v) is 15.6. The summed E-state index contributed by atoms with van der Waals surface area (Å²) in [7, 11) is 0. The molecule has 0 spiro atoms. The summed E-state index contributed by atoms with van der Waals surface area (Å²) in [6, 6.07) is 10.1. The van der Waals surface area contributed by atoms with E-state index in [-0.39, 0.29) is 17.0 Å². The molecule has 0 aliphatic carbocycles. The first kappa shape index (κ1) is 18.3. The van der Waals surface area contributed by atoms with Crippen molar-refractivity contribution < 1.29 is 14.2 Å². The van der Waals surface area contributed by atoms with Crippen LogP contribution in [0.15, 0.2) is 40.9 Å². The number of carbonyl (C=O) groups is 1. The van der Waals surface area contributed by atoms with Gasteiger partial charge >= 0.3 is 5.00 Å². The van der Waals surface area contributed by atoms with Gasteiger partial charge in [-0.05, 0) is 24.5 Å². The average Bonchev–Trinajstić information content (AvgIpc) is 3.47. The molecule has 1 atom stereocenters. The van der Waals surface area contributed by atoms with Crippen molar-refractivity contribution in [2.45, 2.75) is 25.4 Å². The third kappa shape index (κ3) is 3.39. The van der Waals surface area contributed by atoms with E-state index in [0.29, 0.717) is 36.1 Å². The molecule has 1 amide bonds. The highest BCUT2D eigenvalue weighted by molar-refractivity contribution is 7.17. The Morgan fingerprint density at radius 3 is 2.79 bits per heavy atom. The molecule has 1 saturated heterocycles. The smallest absolute Gasteiger partial charge is 0.324 e. The van der Waals surface area contributed by atoms with E-state index in [4.69, 9.17) is 10.3 Å². The lowest BCUT2D eigenvalue weighted by Gasteiger charge is -2.20. The molecule has 3 aromatic rings. The first-order chi connectivity index (χ1) is 13.6. The second-order valence-electron chi connectivity index (χ2n) is 6.41. The van der Waals surface area contributed by atoms with Crippen molar-refractivity contribution in [3.8, 4) is 11.4 Å². The van der Waals surface area contributed by atoms with Gasteiger partial charge < -0.3 is 15.2 Å². The number of nitrogens with zero attached hydrogens (tertiary/aromatic N) is 4. The van der Waals surface area contributed by atoms with Gasteiger partial charge in [0.25, 0.3) is 5.91 Å². The first-order valence-electron chi connectivity index (χ1n) is 8.75.